The fraction of sp³-hybridized carbons (Fsp3) is 0.222. The average molecular weight is 365 g/mol. The summed E-state index contributed by atoms with van der Waals surface area (Å²) in [4.78, 5) is 11.7. The van der Waals surface area contributed by atoms with E-state index in [9.17, 15) is 4.79 Å². The number of carbonyl (C=O) groups is 1. The summed E-state index contributed by atoms with van der Waals surface area (Å²) in [6.07, 6.45) is 2.41. The quantitative estimate of drug-likeness (QED) is 0.573. The van der Waals surface area contributed by atoms with Gasteiger partial charge in [0.2, 0.25) is 0 Å². The van der Waals surface area contributed by atoms with Gasteiger partial charge in [0.05, 0.1) is 5.02 Å². The Balaban J connectivity index is 1.74. The standard InChI is InChI=1S/C18H18Cl2N2O2/c1-13(14-5-3-2-4-6-14)9-10-21-22-18(23)12-24-17-11-15(19)7-8-16(17)20/h2-8,10-11,13H,9,12H2,1H3,(H,22,23)/b21-10-/t13-/m0/s1. The minimum Gasteiger partial charge on any atom is -0.482 e. The van der Waals surface area contributed by atoms with E-state index in [1.807, 2.05) is 18.2 Å². The lowest BCUT2D eigenvalue weighted by atomic mass is 9.99. The molecule has 0 heterocycles. The Morgan fingerprint density at radius 1 is 1.25 bits per heavy atom. The van der Waals surface area contributed by atoms with Crippen LogP contribution in [0.1, 0.15) is 24.8 Å². The van der Waals surface area contributed by atoms with Crippen LogP contribution in [0.5, 0.6) is 5.75 Å². The van der Waals surface area contributed by atoms with E-state index in [0.717, 1.165) is 6.42 Å². The van der Waals surface area contributed by atoms with Crippen LogP contribution in [0.25, 0.3) is 0 Å². The lowest BCUT2D eigenvalue weighted by molar-refractivity contribution is -0.123. The molecular weight excluding hydrogens is 347 g/mol. The van der Waals surface area contributed by atoms with Crippen molar-refractivity contribution in [3.05, 3.63) is 64.1 Å². The second kappa shape index (κ2) is 9.30. The summed E-state index contributed by atoms with van der Waals surface area (Å²) in [5.74, 6) is 0.323. The van der Waals surface area contributed by atoms with Crippen LogP contribution in [-0.4, -0.2) is 18.7 Å². The molecule has 0 aromatic heterocycles. The van der Waals surface area contributed by atoms with Crippen LogP contribution in [0.3, 0.4) is 0 Å². The molecule has 0 aliphatic rings. The second-order valence-corrected chi connectivity index (χ2v) is 6.10. The normalized spacial score (nSPS) is 12.1. The van der Waals surface area contributed by atoms with Crippen LogP contribution >= 0.6 is 23.2 Å². The van der Waals surface area contributed by atoms with Gasteiger partial charge in [-0.3, -0.25) is 4.79 Å². The predicted octanol–water partition coefficient (Wildman–Crippen LogP) is 4.67. The lowest BCUT2D eigenvalue weighted by Gasteiger charge is -2.08. The van der Waals surface area contributed by atoms with Crippen molar-refractivity contribution in [3.8, 4) is 5.75 Å². The molecule has 1 amide bonds. The van der Waals surface area contributed by atoms with E-state index in [4.69, 9.17) is 27.9 Å². The van der Waals surface area contributed by atoms with E-state index in [1.54, 1.807) is 24.4 Å². The predicted molar refractivity (Wildman–Crippen MR) is 98.1 cm³/mol. The Kier molecular flexibility index (Phi) is 7.09. The molecule has 0 unspecified atom stereocenters. The first-order valence-corrected chi connectivity index (χ1v) is 8.25. The number of hydrogen-bond acceptors (Lipinski definition) is 3. The van der Waals surface area contributed by atoms with Gasteiger partial charge in [0, 0.05) is 17.3 Å². The SMILES string of the molecule is C[C@@H](C/C=N\NC(=O)COc1cc(Cl)ccc1Cl)c1ccccc1. The summed E-state index contributed by atoms with van der Waals surface area (Å²) in [7, 11) is 0. The maximum atomic E-state index is 11.7. The third kappa shape index (κ3) is 5.87. The number of nitrogens with zero attached hydrogens (tertiary/aromatic N) is 1. The highest BCUT2D eigenvalue weighted by atomic mass is 35.5. The van der Waals surface area contributed by atoms with Gasteiger partial charge < -0.3 is 4.74 Å². The molecule has 0 bridgehead atoms. The fourth-order valence-electron chi connectivity index (χ4n) is 2.01. The van der Waals surface area contributed by atoms with Gasteiger partial charge in [-0.2, -0.15) is 5.10 Å². The van der Waals surface area contributed by atoms with Gasteiger partial charge in [-0.1, -0.05) is 60.5 Å². The van der Waals surface area contributed by atoms with Crippen LogP contribution in [0.15, 0.2) is 53.6 Å². The van der Waals surface area contributed by atoms with Crippen LogP contribution in [-0.2, 0) is 4.79 Å². The van der Waals surface area contributed by atoms with E-state index >= 15 is 0 Å². The minimum atomic E-state index is -0.366. The summed E-state index contributed by atoms with van der Waals surface area (Å²) in [5.41, 5.74) is 3.65. The number of benzene rings is 2. The largest absolute Gasteiger partial charge is 0.482 e. The molecule has 0 saturated carbocycles. The molecule has 0 fully saturated rings. The van der Waals surface area contributed by atoms with Gasteiger partial charge in [-0.05, 0) is 30.0 Å². The number of carbonyl (C=O) groups excluding carboxylic acids is 1. The van der Waals surface area contributed by atoms with Crippen LogP contribution in [0, 0.1) is 0 Å². The van der Waals surface area contributed by atoms with Crippen molar-refractivity contribution in [2.45, 2.75) is 19.3 Å². The number of amides is 1. The lowest BCUT2D eigenvalue weighted by Crippen LogP contribution is -2.24. The van der Waals surface area contributed by atoms with Crippen molar-refractivity contribution in [1.82, 2.24) is 5.43 Å². The Hall–Kier alpha value is -2.04. The Bertz CT molecular complexity index is 705. The molecule has 0 saturated heterocycles. The molecule has 0 aliphatic carbocycles. The number of ether oxygens (including phenoxy) is 1. The molecule has 2 aromatic carbocycles. The molecule has 2 aromatic rings. The van der Waals surface area contributed by atoms with Crippen molar-refractivity contribution in [1.29, 1.82) is 0 Å². The molecule has 6 heteroatoms. The van der Waals surface area contributed by atoms with E-state index in [2.05, 4.69) is 29.6 Å². The van der Waals surface area contributed by atoms with Gasteiger partial charge in [0.15, 0.2) is 6.61 Å². The molecule has 1 N–H and O–H groups in total. The molecule has 4 nitrogen and oxygen atoms in total. The summed E-state index contributed by atoms with van der Waals surface area (Å²) < 4.78 is 5.32. The molecule has 2 rings (SSSR count). The molecule has 0 aliphatic heterocycles. The van der Waals surface area contributed by atoms with Crippen LogP contribution < -0.4 is 10.2 Å². The highest BCUT2D eigenvalue weighted by Crippen LogP contribution is 2.27. The van der Waals surface area contributed by atoms with Crippen molar-refractivity contribution >= 4 is 35.3 Å². The van der Waals surface area contributed by atoms with Crippen molar-refractivity contribution in [3.63, 3.8) is 0 Å². The summed E-state index contributed by atoms with van der Waals surface area (Å²) in [6.45, 7) is 1.92. The number of rotatable bonds is 7. The first kappa shape index (κ1) is 18.3. The first-order chi connectivity index (χ1) is 11.6. The average Bonchev–Trinajstić information content (AvgIpc) is 2.60. The highest BCUT2D eigenvalue weighted by Gasteiger charge is 2.06. The molecule has 1 atom stereocenters. The Labute approximate surface area is 151 Å². The molecular formula is C18H18Cl2N2O2. The zero-order chi connectivity index (χ0) is 17.4. The number of hydrogen-bond donors (Lipinski definition) is 1. The molecule has 24 heavy (non-hydrogen) atoms. The first-order valence-electron chi connectivity index (χ1n) is 7.49. The van der Waals surface area contributed by atoms with Gasteiger partial charge in [-0.25, -0.2) is 5.43 Å². The third-order valence-electron chi connectivity index (χ3n) is 3.36. The molecule has 0 spiro atoms. The number of hydrazone groups is 1. The van der Waals surface area contributed by atoms with Crippen molar-refractivity contribution < 1.29 is 9.53 Å². The van der Waals surface area contributed by atoms with Gasteiger partial charge in [0.1, 0.15) is 5.75 Å². The van der Waals surface area contributed by atoms with Crippen molar-refractivity contribution in [2.24, 2.45) is 5.10 Å². The van der Waals surface area contributed by atoms with Crippen molar-refractivity contribution in [2.75, 3.05) is 6.61 Å². The molecule has 0 radical (unpaired) electrons. The third-order valence-corrected chi connectivity index (χ3v) is 3.91. The topological polar surface area (TPSA) is 50.7 Å². The summed E-state index contributed by atoms with van der Waals surface area (Å²) >= 11 is 11.8. The van der Waals surface area contributed by atoms with Gasteiger partial charge >= 0.3 is 0 Å². The van der Waals surface area contributed by atoms with E-state index in [-0.39, 0.29) is 12.5 Å². The Morgan fingerprint density at radius 2 is 2.00 bits per heavy atom. The van der Waals surface area contributed by atoms with Crippen LogP contribution in [0.2, 0.25) is 10.0 Å². The second-order valence-electron chi connectivity index (χ2n) is 5.26. The fourth-order valence-corrected chi connectivity index (χ4v) is 2.34. The molecule has 126 valence electrons. The monoisotopic (exact) mass is 364 g/mol. The minimum absolute atomic E-state index is 0.189. The van der Waals surface area contributed by atoms with E-state index < -0.39 is 0 Å². The van der Waals surface area contributed by atoms with E-state index in [1.165, 1.54) is 5.56 Å². The summed E-state index contributed by atoms with van der Waals surface area (Å²) in [6, 6.07) is 14.9. The van der Waals surface area contributed by atoms with E-state index in [0.29, 0.717) is 21.7 Å². The Morgan fingerprint density at radius 3 is 2.75 bits per heavy atom. The van der Waals surface area contributed by atoms with Gasteiger partial charge in [-0.15, -0.1) is 0 Å². The maximum absolute atomic E-state index is 11.7. The highest BCUT2D eigenvalue weighted by molar-refractivity contribution is 6.34. The number of nitrogens with one attached hydrogen (secondary N) is 1. The zero-order valence-electron chi connectivity index (χ0n) is 13.2. The summed E-state index contributed by atoms with van der Waals surface area (Å²) in [5, 5.41) is 4.81. The van der Waals surface area contributed by atoms with Crippen LogP contribution in [0.4, 0.5) is 0 Å². The number of halogens is 2. The van der Waals surface area contributed by atoms with Gasteiger partial charge in [0.25, 0.3) is 5.91 Å². The maximum Gasteiger partial charge on any atom is 0.277 e. The smallest absolute Gasteiger partial charge is 0.277 e. The zero-order valence-corrected chi connectivity index (χ0v) is 14.7.